The Morgan fingerprint density at radius 3 is 2.33 bits per heavy atom. The molecule has 0 radical (unpaired) electrons. The molecule has 0 aliphatic heterocycles. The van der Waals surface area contributed by atoms with Crippen LogP contribution < -0.4 is 5.32 Å². The molecule has 0 aromatic heterocycles. The van der Waals surface area contributed by atoms with Gasteiger partial charge in [0.25, 0.3) is 0 Å². The summed E-state index contributed by atoms with van der Waals surface area (Å²) >= 11 is 0. The van der Waals surface area contributed by atoms with Crippen LogP contribution in [0.15, 0.2) is 0 Å². The molecule has 18 heavy (non-hydrogen) atoms. The van der Waals surface area contributed by atoms with Gasteiger partial charge in [-0.1, -0.05) is 26.7 Å². The first-order chi connectivity index (χ1) is 8.49. The van der Waals surface area contributed by atoms with Crippen molar-refractivity contribution in [3.8, 4) is 0 Å². The molecule has 3 heteroatoms. The highest BCUT2D eigenvalue weighted by Gasteiger charge is 2.35. The predicted molar refractivity (Wildman–Crippen MR) is 78.0 cm³/mol. The molecular formula is C15H32N2O. The second kappa shape index (κ2) is 7.46. The van der Waals surface area contributed by atoms with Crippen LogP contribution in [0.3, 0.4) is 0 Å². The molecule has 1 aliphatic rings. The lowest BCUT2D eigenvalue weighted by Gasteiger charge is -2.37. The van der Waals surface area contributed by atoms with E-state index in [1.165, 1.54) is 32.2 Å². The number of nitrogens with zero attached hydrogens (tertiary/aromatic N) is 1. The molecule has 1 aliphatic carbocycles. The van der Waals surface area contributed by atoms with Crippen molar-refractivity contribution in [1.82, 2.24) is 10.2 Å². The van der Waals surface area contributed by atoms with Gasteiger partial charge in [-0.15, -0.1) is 0 Å². The minimum absolute atomic E-state index is 0.487. The van der Waals surface area contributed by atoms with Gasteiger partial charge in [0.15, 0.2) is 0 Å². The van der Waals surface area contributed by atoms with E-state index in [2.05, 4.69) is 38.0 Å². The molecule has 1 atom stereocenters. The molecule has 1 N–H and O–H groups in total. The van der Waals surface area contributed by atoms with Crippen LogP contribution in [0.25, 0.3) is 0 Å². The van der Waals surface area contributed by atoms with E-state index in [0.29, 0.717) is 17.5 Å². The average Bonchev–Trinajstić information content (AvgIpc) is 2.76. The molecule has 0 bridgehead atoms. The van der Waals surface area contributed by atoms with Gasteiger partial charge < -0.3 is 15.0 Å². The zero-order valence-corrected chi connectivity index (χ0v) is 13.0. The third kappa shape index (κ3) is 4.87. The van der Waals surface area contributed by atoms with Gasteiger partial charge in [-0.2, -0.15) is 0 Å². The molecule has 0 aromatic rings. The molecule has 108 valence electrons. The largest absolute Gasteiger partial charge is 0.383 e. The van der Waals surface area contributed by atoms with Gasteiger partial charge in [-0.25, -0.2) is 0 Å². The van der Waals surface area contributed by atoms with Gasteiger partial charge in [-0.05, 0) is 32.2 Å². The molecule has 1 rings (SSSR count). The van der Waals surface area contributed by atoms with Gasteiger partial charge in [0.2, 0.25) is 0 Å². The van der Waals surface area contributed by atoms with Crippen molar-refractivity contribution in [3.63, 3.8) is 0 Å². The number of rotatable bonds is 8. The van der Waals surface area contributed by atoms with E-state index >= 15 is 0 Å². The lowest BCUT2D eigenvalue weighted by Crippen LogP contribution is -2.46. The summed E-state index contributed by atoms with van der Waals surface area (Å²) in [6, 6.07) is 1.09. The maximum atomic E-state index is 5.26. The Morgan fingerprint density at radius 1 is 1.22 bits per heavy atom. The normalized spacial score (nSPS) is 20.8. The van der Waals surface area contributed by atoms with Crippen LogP contribution in [-0.2, 0) is 4.74 Å². The summed E-state index contributed by atoms with van der Waals surface area (Å²) in [4.78, 5) is 2.47. The summed E-state index contributed by atoms with van der Waals surface area (Å²) in [6.45, 7) is 9.90. The minimum Gasteiger partial charge on any atom is -0.383 e. The lowest BCUT2D eigenvalue weighted by atomic mass is 9.85. The Balaban J connectivity index is 2.51. The second-order valence-corrected chi connectivity index (χ2v) is 6.46. The van der Waals surface area contributed by atoms with Crippen LogP contribution in [-0.4, -0.2) is 50.8 Å². The summed E-state index contributed by atoms with van der Waals surface area (Å²) in [6.07, 6.45) is 5.53. The smallest absolute Gasteiger partial charge is 0.0615 e. The minimum atomic E-state index is 0.487. The quantitative estimate of drug-likeness (QED) is 0.722. The number of hydrogen-bond acceptors (Lipinski definition) is 3. The van der Waals surface area contributed by atoms with Gasteiger partial charge in [0.1, 0.15) is 0 Å². The van der Waals surface area contributed by atoms with Crippen molar-refractivity contribution in [2.24, 2.45) is 5.41 Å². The standard InChI is InChI=1S/C15H32N2O/c1-13(2)16-11-15(8-6-7-9-15)12-17(4)14(3)10-18-5/h13-14,16H,6-12H2,1-5H3. The van der Waals surface area contributed by atoms with E-state index in [1.54, 1.807) is 7.11 Å². The molecule has 0 spiro atoms. The number of methoxy groups -OCH3 is 1. The zero-order chi connectivity index (χ0) is 13.6. The van der Waals surface area contributed by atoms with Crippen molar-refractivity contribution >= 4 is 0 Å². The fourth-order valence-corrected chi connectivity index (χ4v) is 2.99. The molecule has 0 aromatic carbocycles. The van der Waals surface area contributed by atoms with E-state index in [4.69, 9.17) is 4.74 Å². The average molecular weight is 256 g/mol. The van der Waals surface area contributed by atoms with E-state index in [0.717, 1.165) is 13.2 Å². The first kappa shape index (κ1) is 15.9. The Labute approximate surface area is 113 Å². The van der Waals surface area contributed by atoms with Crippen LogP contribution >= 0.6 is 0 Å². The number of hydrogen-bond donors (Lipinski definition) is 1. The number of ether oxygens (including phenoxy) is 1. The summed E-state index contributed by atoms with van der Waals surface area (Å²) < 4.78 is 5.26. The van der Waals surface area contributed by atoms with Gasteiger partial charge >= 0.3 is 0 Å². The Bertz CT molecular complexity index is 225. The van der Waals surface area contributed by atoms with Crippen LogP contribution in [0.1, 0.15) is 46.5 Å². The Kier molecular flexibility index (Phi) is 6.61. The molecule has 1 unspecified atom stereocenters. The number of likely N-dealkylation sites (N-methyl/N-ethyl adjacent to an activating group) is 1. The SMILES string of the molecule is COCC(C)N(C)CC1(CNC(C)C)CCCC1. The van der Waals surface area contributed by atoms with Crippen LogP contribution in [0, 0.1) is 5.41 Å². The summed E-state index contributed by atoms with van der Waals surface area (Å²) in [5, 5.41) is 3.65. The third-order valence-electron chi connectivity index (χ3n) is 4.29. The fraction of sp³-hybridized carbons (Fsp3) is 1.00. The van der Waals surface area contributed by atoms with Gasteiger partial charge in [0, 0.05) is 32.3 Å². The van der Waals surface area contributed by atoms with Crippen molar-refractivity contribution < 1.29 is 4.74 Å². The highest BCUT2D eigenvalue weighted by atomic mass is 16.5. The van der Waals surface area contributed by atoms with Crippen molar-refractivity contribution in [1.29, 1.82) is 0 Å². The molecule has 0 amide bonds. The van der Waals surface area contributed by atoms with Crippen molar-refractivity contribution in [3.05, 3.63) is 0 Å². The van der Waals surface area contributed by atoms with Crippen LogP contribution in [0.5, 0.6) is 0 Å². The monoisotopic (exact) mass is 256 g/mol. The Hall–Kier alpha value is -0.120. The van der Waals surface area contributed by atoms with Crippen LogP contribution in [0.4, 0.5) is 0 Å². The molecule has 3 nitrogen and oxygen atoms in total. The molecule has 1 saturated carbocycles. The highest BCUT2D eigenvalue weighted by Crippen LogP contribution is 2.38. The zero-order valence-electron chi connectivity index (χ0n) is 13.0. The van der Waals surface area contributed by atoms with E-state index < -0.39 is 0 Å². The van der Waals surface area contributed by atoms with E-state index in [9.17, 15) is 0 Å². The van der Waals surface area contributed by atoms with Gasteiger partial charge in [0.05, 0.1) is 6.61 Å². The highest BCUT2D eigenvalue weighted by molar-refractivity contribution is 4.90. The van der Waals surface area contributed by atoms with Gasteiger partial charge in [-0.3, -0.25) is 0 Å². The molecule has 0 heterocycles. The number of nitrogens with one attached hydrogen (secondary N) is 1. The first-order valence-electron chi connectivity index (χ1n) is 7.42. The van der Waals surface area contributed by atoms with Crippen LogP contribution in [0.2, 0.25) is 0 Å². The van der Waals surface area contributed by atoms with E-state index in [1.807, 2.05) is 0 Å². The van der Waals surface area contributed by atoms with E-state index in [-0.39, 0.29) is 0 Å². The molecule has 0 saturated heterocycles. The van der Waals surface area contributed by atoms with Crippen molar-refractivity contribution in [2.75, 3.05) is 33.9 Å². The fourth-order valence-electron chi connectivity index (χ4n) is 2.99. The maximum Gasteiger partial charge on any atom is 0.0615 e. The maximum absolute atomic E-state index is 5.26. The summed E-state index contributed by atoms with van der Waals surface area (Å²) in [7, 11) is 4.02. The third-order valence-corrected chi connectivity index (χ3v) is 4.29. The Morgan fingerprint density at radius 2 is 1.83 bits per heavy atom. The molecular weight excluding hydrogens is 224 g/mol. The first-order valence-corrected chi connectivity index (χ1v) is 7.42. The topological polar surface area (TPSA) is 24.5 Å². The predicted octanol–water partition coefficient (Wildman–Crippen LogP) is 2.51. The molecule has 1 fully saturated rings. The van der Waals surface area contributed by atoms with Crippen molar-refractivity contribution in [2.45, 2.75) is 58.5 Å². The summed E-state index contributed by atoms with van der Waals surface area (Å²) in [5.74, 6) is 0. The summed E-state index contributed by atoms with van der Waals surface area (Å²) in [5.41, 5.74) is 0.487. The second-order valence-electron chi connectivity index (χ2n) is 6.46. The lowest BCUT2D eigenvalue weighted by molar-refractivity contribution is 0.0804.